The quantitative estimate of drug-likeness (QED) is 0.653. The van der Waals surface area contributed by atoms with Crippen LogP contribution in [0.25, 0.3) is 0 Å². The van der Waals surface area contributed by atoms with Crippen LogP contribution >= 0.6 is 0 Å². The van der Waals surface area contributed by atoms with Crippen molar-refractivity contribution in [2.24, 2.45) is 4.99 Å². The number of hydrogen-bond acceptors (Lipinski definition) is 3. The topological polar surface area (TPSA) is 52.6 Å². The molecule has 5 nitrogen and oxygen atoms in total. The van der Waals surface area contributed by atoms with Crippen molar-refractivity contribution in [2.75, 3.05) is 25.5 Å². The minimum absolute atomic E-state index is 0.0136. The van der Waals surface area contributed by atoms with Crippen molar-refractivity contribution in [1.82, 2.24) is 15.6 Å². The largest absolute Gasteiger partial charge is 0.362 e. The molecule has 1 aromatic rings. The average Bonchev–Trinajstić information content (AvgIpc) is 2.34. The van der Waals surface area contributed by atoms with Gasteiger partial charge in [0.25, 0.3) is 0 Å². The van der Waals surface area contributed by atoms with Crippen LogP contribution in [0.5, 0.6) is 0 Å². The summed E-state index contributed by atoms with van der Waals surface area (Å²) in [5, 5.41) is 6.64. The lowest BCUT2D eigenvalue weighted by Crippen LogP contribution is -2.47. The van der Waals surface area contributed by atoms with Crippen LogP contribution in [0.1, 0.15) is 33.3 Å². The molecule has 1 rings (SSSR count). The number of guanidine groups is 1. The molecule has 2 N–H and O–H groups in total. The molecule has 0 fully saturated rings. The van der Waals surface area contributed by atoms with Gasteiger partial charge in [0.1, 0.15) is 5.82 Å². The zero-order chi connectivity index (χ0) is 15.2. The molecule has 0 spiro atoms. The standard InChI is InChI=1S/C15H27N5/c1-7-16-14(19-15(2,3)4)18-11-12-9-8-10-17-13(12)20(5)6/h8-10H,7,11H2,1-6H3,(H2,16,18,19). The molecule has 0 aliphatic heterocycles. The molecule has 0 aliphatic rings. The second-order valence-electron chi connectivity index (χ2n) is 5.95. The van der Waals surface area contributed by atoms with Crippen LogP contribution in [0.4, 0.5) is 5.82 Å². The number of hydrogen-bond donors (Lipinski definition) is 2. The fourth-order valence-corrected chi connectivity index (χ4v) is 1.78. The number of nitrogens with one attached hydrogen (secondary N) is 2. The second kappa shape index (κ2) is 7.12. The van der Waals surface area contributed by atoms with E-state index in [9.17, 15) is 0 Å². The van der Waals surface area contributed by atoms with Gasteiger partial charge in [-0.15, -0.1) is 0 Å². The van der Waals surface area contributed by atoms with E-state index in [1.54, 1.807) is 6.20 Å². The Morgan fingerprint density at radius 3 is 2.60 bits per heavy atom. The summed E-state index contributed by atoms with van der Waals surface area (Å²) in [6.07, 6.45) is 1.81. The first kappa shape index (κ1) is 16.3. The summed E-state index contributed by atoms with van der Waals surface area (Å²) in [6.45, 7) is 9.87. The van der Waals surface area contributed by atoms with E-state index in [0.29, 0.717) is 6.54 Å². The number of anilines is 1. The molecule has 1 aromatic heterocycles. The van der Waals surface area contributed by atoms with Gasteiger partial charge >= 0.3 is 0 Å². The molecular weight excluding hydrogens is 250 g/mol. The Kier molecular flexibility index (Phi) is 5.80. The van der Waals surface area contributed by atoms with E-state index < -0.39 is 0 Å². The van der Waals surface area contributed by atoms with Crippen molar-refractivity contribution in [2.45, 2.75) is 39.8 Å². The Labute approximate surface area is 122 Å². The maximum atomic E-state index is 4.64. The Hall–Kier alpha value is -1.78. The first-order valence-corrected chi connectivity index (χ1v) is 7.01. The van der Waals surface area contributed by atoms with Gasteiger partial charge < -0.3 is 15.5 Å². The van der Waals surface area contributed by atoms with Gasteiger partial charge in [0.2, 0.25) is 0 Å². The molecule has 1 heterocycles. The maximum Gasteiger partial charge on any atom is 0.191 e. The lowest BCUT2D eigenvalue weighted by Gasteiger charge is -2.24. The summed E-state index contributed by atoms with van der Waals surface area (Å²) in [5.41, 5.74) is 1.10. The molecule has 0 bridgehead atoms. The summed E-state index contributed by atoms with van der Waals surface area (Å²) in [7, 11) is 3.99. The number of rotatable bonds is 4. The number of pyridine rings is 1. The van der Waals surface area contributed by atoms with Gasteiger partial charge in [-0.1, -0.05) is 6.07 Å². The van der Waals surface area contributed by atoms with Crippen LogP contribution in [-0.4, -0.2) is 37.1 Å². The van der Waals surface area contributed by atoms with E-state index in [0.717, 1.165) is 23.9 Å². The first-order chi connectivity index (χ1) is 9.33. The van der Waals surface area contributed by atoms with Crippen LogP contribution in [0.3, 0.4) is 0 Å². The maximum absolute atomic E-state index is 4.64. The lowest BCUT2D eigenvalue weighted by atomic mass is 10.1. The van der Waals surface area contributed by atoms with Crippen LogP contribution in [0.15, 0.2) is 23.3 Å². The van der Waals surface area contributed by atoms with Crippen LogP contribution in [-0.2, 0) is 6.54 Å². The fraction of sp³-hybridized carbons (Fsp3) is 0.600. The summed E-state index contributed by atoms with van der Waals surface area (Å²) in [6, 6.07) is 4.01. The van der Waals surface area contributed by atoms with E-state index in [1.807, 2.05) is 25.1 Å². The van der Waals surface area contributed by atoms with E-state index >= 15 is 0 Å². The van der Waals surface area contributed by atoms with E-state index in [2.05, 4.69) is 54.4 Å². The summed E-state index contributed by atoms with van der Waals surface area (Å²) in [5.74, 6) is 1.79. The van der Waals surface area contributed by atoms with Crippen molar-refractivity contribution in [3.8, 4) is 0 Å². The predicted molar refractivity (Wildman–Crippen MR) is 86.3 cm³/mol. The van der Waals surface area contributed by atoms with Gasteiger partial charge in [0.05, 0.1) is 6.54 Å². The molecular formula is C15H27N5. The van der Waals surface area contributed by atoms with Gasteiger partial charge in [0, 0.05) is 37.9 Å². The average molecular weight is 277 g/mol. The van der Waals surface area contributed by atoms with Gasteiger partial charge in [-0.2, -0.15) is 0 Å². The van der Waals surface area contributed by atoms with Crippen LogP contribution in [0.2, 0.25) is 0 Å². The molecule has 0 radical (unpaired) electrons. The van der Waals surface area contributed by atoms with Crippen molar-refractivity contribution >= 4 is 11.8 Å². The van der Waals surface area contributed by atoms with Crippen LogP contribution in [0, 0.1) is 0 Å². The molecule has 20 heavy (non-hydrogen) atoms. The molecule has 112 valence electrons. The molecule has 0 atom stereocenters. The predicted octanol–water partition coefficient (Wildman–Crippen LogP) is 2.00. The third-order valence-corrected chi connectivity index (χ3v) is 2.54. The summed E-state index contributed by atoms with van der Waals surface area (Å²) >= 11 is 0. The second-order valence-corrected chi connectivity index (χ2v) is 5.95. The summed E-state index contributed by atoms with van der Waals surface area (Å²) in [4.78, 5) is 11.0. The Balaban J connectivity index is 2.87. The monoisotopic (exact) mass is 277 g/mol. The van der Waals surface area contributed by atoms with Gasteiger partial charge in [-0.25, -0.2) is 9.98 Å². The highest BCUT2D eigenvalue weighted by atomic mass is 15.2. The van der Waals surface area contributed by atoms with Gasteiger partial charge in [0.15, 0.2) is 5.96 Å². The Morgan fingerprint density at radius 2 is 2.05 bits per heavy atom. The smallest absolute Gasteiger partial charge is 0.191 e. The Bertz CT molecular complexity index is 446. The lowest BCUT2D eigenvalue weighted by molar-refractivity contribution is 0.501. The zero-order valence-corrected chi connectivity index (χ0v) is 13.5. The molecule has 0 saturated carbocycles. The van der Waals surface area contributed by atoms with E-state index in [-0.39, 0.29) is 5.54 Å². The molecule has 5 heteroatoms. The SMILES string of the molecule is CCNC(=NCc1cccnc1N(C)C)NC(C)(C)C. The third kappa shape index (κ3) is 5.47. The number of nitrogens with zero attached hydrogens (tertiary/aromatic N) is 3. The van der Waals surface area contributed by atoms with E-state index in [1.165, 1.54) is 0 Å². The van der Waals surface area contributed by atoms with Crippen molar-refractivity contribution < 1.29 is 0 Å². The normalized spacial score (nSPS) is 12.2. The van der Waals surface area contributed by atoms with Crippen molar-refractivity contribution in [1.29, 1.82) is 0 Å². The van der Waals surface area contributed by atoms with Gasteiger partial charge in [-0.3, -0.25) is 0 Å². The van der Waals surface area contributed by atoms with E-state index in [4.69, 9.17) is 0 Å². The molecule has 0 aromatic carbocycles. The van der Waals surface area contributed by atoms with Gasteiger partial charge in [-0.05, 0) is 33.8 Å². The molecule has 0 aliphatic carbocycles. The molecule has 0 unspecified atom stereocenters. The summed E-state index contributed by atoms with van der Waals surface area (Å²) < 4.78 is 0. The zero-order valence-electron chi connectivity index (χ0n) is 13.5. The minimum Gasteiger partial charge on any atom is -0.362 e. The number of aromatic nitrogens is 1. The Morgan fingerprint density at radius 1 is 1.35 bits per heavy atom. The minimum atomic E-state index is -0.0136. The van der Waals surface area contributed by atoms with Crippen LogP contribution < -0.4 is 15.5 Å². The highest BCUT2D eigenvalue weighted by molar-refractivity contribution is 5.80. The fourth-order valence-electron chi connectivity index (χ4n) is 1.78. The molecule has 0 amide bonds. The number of aliphatic imine (C=N–C) groups is 1. The highest BCUT2D eigenvalue weighted by Crippen LogP contribution is 2.15. The first-order valence-electron chi connectivity index (χ1n) is 7.01. The van der Waals surface area contributed by atoms with Crippen molar-refractivity contribution in [3.63, 3.8) is 0 Å². The third-order valence-electron chi connectivity index (χ3n) is 2.54. The molecule has 0 saturated heterocycles. The highest BCUT2D eigenvalue weighted by Gasteiger charge is 2.12. The van der Waals surface area contributed by atoms with Crippen molar-refractivity contribution in [3.05, 3.63) is 23.9 Å².